The van der Waals surface area contributed by atoms with E-state index in [9.17, 15) is 0 Å². The maximum atomic E-state index is 5.75. The second-order valence-corrected chi connectivity index (χ2v) is 6.73. The van der Waals surface area contributed by atoms with E-state index in [1.54, 1.807) is 0 Å². The number of anilines is 3. The molecule has 0 aliphatic rings. The van der Waals surface area contributed by atoms with Crippen molar-refractivity contribution in [1.29, 1.82) is 0 Å². The highest BCUT2D eigenvalue weighted by atomic mass is 15.2. The molecule has 0 unspecified atom stereocenters. The average molecular weight is 382 g/mol. The number of hydrogen-bond acceptors (Lipinski definition) is 6. The van der Waals surface area contributed by atoms with Gasteiger partial charge >= 0.3 is 0 Å². The van der Waals surface area contributed by atoms with Gasteiger partial charge in [-0.15, -0.1) is 0 Å². The summed E-state index contributed by atoms with van der Waals surface area (Å²) in [4.78, 5) is 12.2. The Morgan fingerprint density at radius 2 is 0.966 bits per heavy atom. The molecule has 3 aromatic carbocycles. The molecule has 0 amide bonds. The fraction of sp³-hybridized carbons (Fsp3) is 0.0870. The fourth-order valence-electron chi connectivity index (χ4n) is 3.67. The third-order valence-corrected chi connectivity index (χ3v) is 4.98. The Morgan fingerprint density at radius 3 is 1.34 bits per heavy atom. The van der Waals surface area contributed by atoms with Crippen LogP contribution in [0.5, 0.6) is 0 Å². The van der Waals surface area contributed by atoms with Gasteiger partial charge in [0, 0.05) is 6.54 Å². The van der Waals surface area contributed by atoms with E-state index in [1.165, 1.54) is 0 Å². The third-order valence-electron chi connectivity index (χ3n) is 4.98. The van der Waals surface area contributed by atoms with E-state index in [4.69, 9.17) is 11.5 Å². The van der Waals surface area contributed by atoms with E-state index in [-0.39, 0.29) is 11.9 Å². The lowest BCUT2D eigenvalue weighted by Crippen LogP contribution is -2.37. The Morgan fingerprint density at radius 1 is 0.586 bits per heavy atom. The van der Waals surface area contributed by atoms with Crippen LogP contribution >= 0.6 is 0 Å². The second-order valence-electron chi connectivity index (χ2n) is 6.73. The molecule has 6 heteroatoms. The number of nitrogens with zero attached hydrogens (tertiary/aromatic N) is 3. The van der Waals surface area contributed by atoms with Crippen molar-refractivity contribution in [3.63, 3.8) is 0 Å². The molecule has 1 heterocycles. The van der Waals surface area contributed by atoms with E-state index in [2.05, 4.69) is 93.1 Å². The summed E-state index contributed by atoms with van der Waals surface area (Å²) in [5.74, 6) is 0.525. The van der Waals surface area contributed by atoms with Crippen molar-refractivity contribution in [2.24, 2.45) is 0 Å². The smallest absolute Gasteiger partial charge is 0.229 e. The highest BCUT2D eigenvalue weighted by Gasteiger charge is 2.36. The lowest BCUT2D eigenvalue weighted by Gasteiger charge is -2.36. The predicted octanol–water partition coefficient (Wildman–Crippen LogP) is 3.48. The highest BCUT2D eigenvalue weighted by molar-refractivity contribution is 5.53. The molecule has 0 spiro atoms. The molecule has 0 bridgehead atoms. The van der Waals surface area contributed by atoms with Gasteiger partial charge in [-0.25, -0.2) is 0 Å². The number of rotatable bonds is 6. The van der Waals surface area contributed by atoms with Crippen LogP contribution in [0.25, 0.3) is 0 Å². The molecule has 5 N–H and O–H groups in total. The molecule has 144 valence electrons. The van der Waals surface area contributed by atoms with Gasteiger partial charge < -0.3 is 16.8 Å². The van der Waals surface area contributed by atoms with Gasteiger partial charge in [0.2, 0.25) is 17.8 Å². The minimum atomic E-state index is -0.472. The minimum Gasteiger partial charge on any atom is -0.368 e. The number of nitrogens with two attached hydrogens (primary N) is 2. The first-order valence-electron chi connectivity index (χ1n) is 9.36. The van der Waals surface area contributed by atoms with Gasteiger partial charge in [-0.3, -0.25) is 0 Å². The molecule has 0 aliphatic heterocycles. The van der Waals surface area contributed by atoms with Crippen LogP contribution in [-0.4, -0.2) is 21.5 Å². The summed E-state index contributed by atoms with van der Waals surface area (Å²) in [5.41, 5.74) is 14.5. The van der Waals surface area contributed by atoms with Crippen molar-refractivity contribution in [1.82, 2.24) is 15.0 Å². The summed E-state index contributed by atoms with van der Waals surface area (Å²) in [7, 11) is 0. The maximum absolute atomic E-state index is 5.75. The Kier molecular flexibility index (Phi) is 5.07. The van der Waals surface area contributed by atoms with Crippen LogP contribution in [0.3, 0.4) is 0 Å². The SMILES string of the molecule is Nc1nc(N)nc(NCC(c2ccccc2)(c2ccccc2)c2ccccc2)n1. The normalized spacial score (nSPS) is 11.2. The standard InChI is InChI=1S/C23H22N6/c24-20-27-21(25)29-22(28-20)26-16-23(17-10-4-1-5-11-17,18-12-6-2-7-13-18)19-14-8-3-9-15-19/h1-15H,16H2,(H5,24,25,26,27,28,29). The lowest BCUT2D eigenvalue weighted by molar-refractivity contribution is 0.648. The minimum absolute atomic E-state index is 0.0877. The van der Waals surface area contributed by atoms with Gasteiger partial charge in [-0.05, 0) is 16.7 Å². The third kappa shape index (κ3) is 3.73. The Balaban J connectivity index is 1.87. The molecule has 1 aromatic heterocycles. The second kappa shape index (κ2) is 7.98. The topological polar surface area (TPSA) is 103 Å². The molecule has 0 saturated heterocycles. The number of nitrogen functional groups attached to an aromatic ring is 2. The molecular weight excluding hydrogens is 360 g/mol. The zero-order chi connectivity index (χ0) is 20.1. The summed E-state index contributed by atoms with van der Waals surface area (Å²) in [6.07, 6.45) is 0. The van der Waals surface area contributed by atoms with Crippen molar-refractivity contribution >= 4 is 17.8 Å². The molecule has 0 saturated carbocycles. The van der Waals surface area contributed by atoms with Crippen LogP contribution in [0.4, 0.5) is 17.8 Å². The van der Waals surface area contributed by atoms with Crippen molar-refractivity contribution < 1.29 is 0 Å². The highest BCUT2D eigenvalue weighted by Crippen LogP contribution is 2.39. The van der Waals surface area contributed by atoms with Gasteiger partial charge in [0.15, 0.2) is 0 Å². The van der Waals surface area contributed by atoms with Crippen LogP contribution in [0.15, 0.2) is 91.0 Å². The van der Waals surface area contributed by atoms with E-state index >= 15 is 0 Å². The van der Waals surface area contributed by atoms with Gasteiger partial charge in [0.05, 0.1) is 5.41 Å². The molecule has 0 fully saturated rings. The fourth-order valence-corrected chi connectivity index (χ4v) is 3.67. The first kappa shape index (κ1) is 18.4. The molecule has 6 nitrogen and oxygen atoms in total. The summed E-state index contributed by atoms with van der Waals surface area (Å²) in [6, 6.07) is 31.2. The van der Waals surface area contributed by atoms with Crippen LogP contribution < -0.4 is 16.8 Å². The van der Waals surface area contributed by atoms with E-state index in [0.717, 1.165) is 16.7 Å². The predicted molar refractivity (Wildman–Crippen MR) is 116 cm³/mol. The summed E-state index contributed by atoms with van der Waals surface area (Å²) >= 11 is 0. The van der Waals surface area contributed by atoms with Gasteiger partial charge in [0.1, 0.15) is 0 Å². The van der Waals surface area contributed by atoms with Gasteiger partial charge in [-0.2, -0.15) is 15.0 Å². The molecule has 0 radical (unpaired) electrons. The molecule has 4 rings (SSSR count). The van der Waals surface area contributed by atoms with Crippen molar-refractivity contribution in [3.05, 3.63) is 108 Å². The van der Waals surface area contributed by atoms with Crippen molar-refractivity contribution in [2.45, 2.75) is 5.41 Å². The lowest BCUT2D eigenvalue weighted by atomic mass is 9.69. The van der Waals surface area contributed by atoms with Crippen LogP contribution in [0.1, 0.15) is 16.7 Å². The van der Waals surface area contributed by atoms with Crippen molar-refractivity contribution in [2.75, 3.05) is 23.3 Å². The first-order chi connectivity index (χ1) is 14.2. The Bertz CT molecular complexity index is 951. The van der Waals surface area contributed by atoms with Crippen molar-refractivity contribution in [3.8, 4) is 0 Å². The zero-order valence-electron chi connectivity index (χ0n) is 15.9. The summed E-state index contributed by atoms with van der Waals surface area (Å²) in [5, 5.41) is 3.34. The number of aromatic nitrogens is 3. The summed E-state index contributed by atoms with van der Waals surface area (Å²) < 4.78 is 0. The largest absolute Gasteiger partial charge is 0.368 e. The molecule has 29 heavy (non-hydrogen) atoms. The molecule has 0 atom stereocenters. The molecular formula is C23H22N6. The summed E-state index contributed by atoms with van der Waals surface area (Å²) in [6.45, 7) is 0.508. The van der Waals surface area contributed by atoms with Crippen LogP contribution in [-0.2, 0) is 5.41 Å². The Labute approximate surface area is 169 Å². The van der Waals surface area contributed by atoms with Gasteiger partial charge in [-0.1, -0.05) is 91.0 Å². The zero-order valence-corrected chi connectivity index (χ0v) is 15.9. The van der Waals surface area contributed by atoms with Crippen LogP contribution in [0.2, 0.25) is 0 Å². The Hall–Kier alpha value is -3.93. The van der Waals surface area contributed by atoms with E-state index in [0.29, 0.717) is 12.5 Å². The molecule has 4 aromatic rings. The number of hydrogen-bond donors (Lipinski definition) is 3. The van der Waals surface area contributed by atoms with Gasteiger partial charge in [0.25, 0.3) is 0 Å². The monoisotopic (exact) mass is 382 g/mol. The quantitative estimate of drug-likeness (QED) is 0.441. The average Bonchev–Trinajstić information content (AvgIpc) is 2.76. The van der Waals surface area contributed by atoms with Crippen LogP contribution in [0, 0.1) is 0 Å². The number of benzene rings is 3. The first-order valence-corrected chi connectivity index (χ1v) is 9.36. The maximum Gasteiger partial charge on any atom is 0.229 e. The number of nitrogens with one attached hydrogen (secondary N) is 1. The van der Waals surface area contributed by atoms with E-state index < -0.39 is 5.41 Å². The molecule has 0 aliphatic carbocycles. The van der Waals surface area contributed by atoms with E-state index in [1.807, 2.05) is 18.2 Å².